The number of hydrogen-bond acceptors (Lipinski definition) is 7. The zero-order chi connectivity index (χ0) is 21.4. The number of piperazine rings is 1. The molecule has 0 amide bonds. The molecule has 0 spiro atoms. The molecule has 0 bridgehead atoms. The van der Waals surface area contributed by atoms with Crippen molar-refractivity contribution in [3.63, 3.8) is 0 Å². The maximum Gasteiger partial charge on any atom is 0.132 e. The number of methoxy groups -OCH3 is 1. The standard InChI is InChI=1S/C24H34N6O/c1-17-26-20(15-23(27-17)29-12-10-28(2)11-13-29)22-14-19(31-3)16-30(22)21-8-4-6-18-7-5-9-25-24(18)21/h5,7,9,15,19,21-22H,4,6,8,10-14,16H2,1-3H3/t19-,21-,22-/m1/s1. The van der Waals surface area contributed by atoms with Crippen molar-refractivity contribution in [2.45, 2.75) is 50.8 Å². The first-order valence-electron chi connectivity index (χ1n) is 11.6. The molecule has 2 aliphatic heterocycles. The van der Waals surface area contributed by atoms with E-state index < -0.39 is 0 Å². The molecule has 2 saturated heterocycles. The van der Waals surface area contributed by atoms with Crippen LogP contribution in [0.1, 0.15) is 54.1 Å². The lowest BCUT2D eigenvalue weighted by atomic mass is 9.90. The average molecular weight is 423 g/mol. The van der Waals surface area contributed by atoms with E-state index in [1.54, 1.807) is 0 Å². The average Bonchev–Trinajstić information content (AvgIpc) is 3.23. The van der Waals surface area contributed by atoms with Crippen molar-refractivity contribution in [2.75, 3.05) is 51.8 Å². The molecule has 2 aromatic rings. The van der Waals surface area contributed by atoms with E-state index in [-0.39, 0.29) is 12.1 Å². The largest absolute Gasteiger partial charge is 0.380 e. The Morgan fingerprint density at radius 1 is 1.10 bits per heavy atom. The van der Waals surface area contributed by atoms with Crippen LogP contribution in [0.15, 0.2) is 24.4 Å². The minimum absolute atomic E-state index is 0.224. The van der Waals surface area contributed by atoms with Gasteiger partial charge in [0.2, 0.25) is 0 Å². The van der Waals surface area contributed by atoms with Crippen molar-refractivity contribution in [1.29, 1.82) is 0 Å². The highest BCUT2D eigenvalue weighted by Crippen LogP contribution is 2.43. The third-order valence-corrected chi connectivity index (χ3v) is 7.21. The maximum atomic E-state index is 5.84. The van der Waals surface area contributed by atoms with Gasteiger partial charge in [0.25, 0.3) is 0 Å². The number of likely N-dealkylation sites (N-methyl/N-ethyl adjacent to an activating group) is 1. The number of aromatic nitrogens is 3. The van der Waals surface area contributed by atoms with E-state index >= 15 is 0 Å². The van der Waals surface area contributed by atoms with Gasteiger partial charge in [0.05, 0.1) is 29.6 Å². The predicted molar refractivity (Wildman–Crippen MR) is 121 cm³/mol. The van der Waals surface area contributed by atoms with E-state index in [1.165, 1.54) is 17.7 Å². The Morgan fingerprint density at radius 2 is 1.94 bits per heavy atom. The zero-order valence-electron chi connectivity index (χ0n) is 19.0. The predicted octanol–water partition coefficient (Wildman–Crippen LogP) is 2.77. The molecular formula is C24H34N6O. The van der Waals surface area contributed by atoms with Gasteiger partial charge in [0, 0.05) is 52.1 Å². The number of anilines is 1. The molecule has 0 unspecified atom stereocenters. The zero-order valence-corrected chi connectivity index (χ0v) is 19.0. The van der Waals surface area contributed by atoms with E-state index in [4.69, 9.17) is 19.7 Å². The van der Waals surface area contributed by atoms with Crippen molar-refractivity contribution < 1.29 is 4.74 Å². The Labute approximate surface area is 185 Å². The van der Waals surface area contributed by atoms with Crippen LogP contribution in [0.2, 0.25) is 0 Å². The van der Waals surface area contributed by atoms with Crippen LogP contribution < -0.4 is 4.90 Å². The van der Waals surface area contributed by atoms with Gasteiger partial charge in [-0.3, -0.25) is 9.88 Å². The second-order valence-electron chi connectivity index (χ2n) is 9.25. The Hall–Kier alpha value is -2.09. The Morgan fingerprint density at radius 3 is 2.74 bits per heavy atom. The number of nitrogens with zero attached hydrogens (tertiary/aromatic N) is 6. The van der Waals surface area contributed by atoms with Gasteiger partial charge >= 0.3 is 0 Å². The number of ether oxygens (including phenoxy) is 1. The normalized spacial score (nSPS) is 27.5. The van der Waals surface area contributed by atoms with Crippen LogP contribution in [0.3, 0.4) is 0 Å². The van der Waals surface area contributed by atoms with E-state index in [9.17, 15) is 0 Å². The molecule has 2 aromatic heterocycles. The van der Waals surface area contributed by atoms with Crippen LogP contribution in [0, 0.1) is 6.92 Å². The van der Waals surface area contributed by atoms with Gasteiger partial charge in [-0.15, -0.1) is 0 Å². The molecule has 1 aliphatic carbocycles. The van der Waals surface area contributed by atoms with E-state index in [1.807, 2.05) is 20.2 Å². The van der Waals surface area contributed by atoms with Gasteiger partial charge in [-0.25, -0.2) is 9.97 Å². The Balaban J connectivity index is 1.47. The fraction of sp³-hybridized carbons (Fsp3) is 0.625. The SMILES string of the molecule is CO[C@@H]1C[C@H](c2cc(N3CCN(C)CC3)nc(C)n2)N([C@@H]2CCCc3cccnc32)C1. The van der Waals surface area contributed by atoms with Crippen LogP contribution >= 0.6 is 0 Å². The fourth-order valence-corrected chi connectivity index (χ4v) is 5.48. The summed E-state index contributed by atoms with van der Waals surface area (Å²) < 4.78 is 5.84. The quantitative estimate of drug-likeness (QED) is 0.751. The van der Waals surface area contributed by atoms with Gasteiger partial charge in [-0.05, 0) is 51.3 Å². The van der Waals surface area contributed by atoms with Crippen LogP contribution in [0.4, 0.5) is 5.82 Å². The summed E-state index contributed by atoms with van der Waals surface area (Å²) in [6.45, 7) is 7.12. The molecule has 2 fully saturated rings. The van der Waals surface area contributed by atoms with Gasteiger partial charge in [0.1, 0.15) is 11.6 Å². The second kappa shape index (κ2) is 8.81. The molecule has 4 heterocycles. The van der Waals surface area contributed by atoms with Crippen LogP contribution in [0.25, 0.3) is 0 Å². The molecule has 31 heavy (non-hydrogen) atoms. The van der Waals surface area contributed by atoms with Gasteiger partial charge in [-0.2, -0.15) is 0 Å². The number of rotatable bonds is 4. The Bertz CT molecular complexity index is 913. The van der Waals surface area contributed by atoms with E-state index in [0.717, 1.165) is 69.3 Å². The van der Waals surface area contributed by atoms with Gasteiger partial charge < -0.3 is 14.5 Å². The molecule has 0 radical (unpaired) electrons. The minimum atomic E-state index is 0.224. The smallest absolute Gasteiger partial charge is 0.132 e. The molecule has 0 aromatic carbocycles. The number of pyridine rings is 1. The van der Waals surface area contributed by atoms with Crippen LogP contribution in [0.5, 0.6) is 0 Å². The summed E-state index contributed by atoms with van der Waals surface area (Å²) >= 11 is 0. The summed E-state index contributed by atoms with van der Waals surface area (Å²) in [5, 5.41) is 0. The first-order valence-corrected chi connectivity index (χ1v) is 11.6. The summed E-state index contributed by atoms with van der Waals surface area (Å²) in [7, 11) is 4.02. The molecule has 5 rings (SSSR count). The molecule has 3 aliphatic rings. The molecule has 7 heteroatoms. The summed E-state index contributed by atoms with van der Waals surface area (Å²) in [4.78, 5) is 21.9. The molecular weight excluding hydrogens is 388 g/mol. The van der Waals surface area contributed by atoms with Gasteiger partial charge in [0.15, 0.2) is 0 Å². The maximum absolute atomic E-state index is 5.84. The third-order valence-electron chi connectivity index (χ3n) is 7.21. The van der Waals surface area contributed by atoms with Crippen molar-refractivity contribution >= 4 is 5.82 Å². The molecule has 0 N–H and O–H groups in total. The van der Waals surface area contributed by atoms with Crippen molar-refractivity contribution in [3.05, 3.63) is 47.2 Å². The van der Waals surface area contributed by atoms with Crippen LogP contribution in [-0.4, -0.2) is 77.7 Å². The second-order valence-corrected chi connectivity index (χ2v) is 9.25. The monoisotopic (exact) mass is 422 g/mol. The van der Waals surface area contributed by atoms with E-state index in [2.05, 4.69) is 39.9 Å². The highest BCUT2D eigenvalue weighted by atomic mass is 16.5. The topological polar surface area (TPSA) is 57.6 Å². The van der Waals surface area contributed by atoms with Crippen molar-refractivity contribution in [3.8, 4) is 0 Å². The molecule has 0 saturated carbocycles. The molecule has 166 valence electrons. The van der Waals surface area contributed by atoms with Crippen molar-refractivity contribution in [1.82, 2.24) is 24.8 Å². The highest BCUT2D eigenvalue weighted by molar-refractivity contribution is 5.41. The lowest BCUT2D eigenvalue weighted by Crippen LogP contribution is -2.45. The molecule has 3 atom stereocenters. The lowest BCUT2D eigenvalue weighted by Gasteiger charge is -2.36. The van der Waals surface area contributed by atoms with Crippen molar-refractivity contribution in [2.24, 2.45) is 0 Å². The number of aryl methyl sites for hydroxylation is 2. The van der Waals surface area contributed by atoms with Crippen LogP contribution in [-0.2, 0) is 11.2 Å². The first kappa shape index (κ1) is 20.8. The number of hydrogen-bond donors (Lipinski definition) is 0. The minimum Gasteiger partial charge on any atom is -0.380 e. The third kappa shape index (κ3) is 4.19. The number of likely N-dealkylation sites (tertiary alicyclic amines) is 1. The molecule has 7 nitrogen and oxygen atoms in total. The van der Waals surface area contributed by atoms with E-state index in [0.29, 0.717) is 6.04 Å². The summed E-state index contributed by atoms with van der Waals surface area (Å²) in [5.74, 6) is 1.92. The highest BCUT2D eigenvalue weighted by Gasteiger charge is 2.41. The fourth-order valence-electron chi connectivity index (χ4n) is 5.48. The Kier molecular flexibility index (Phi) is 5.91. The lowest BCUT2D eigenvalue weighted by molar-refractivity contribution is 0.0951. The first-order chi connectivity index (χ1) is 15.1. The summed E-state index contributed by atoms with van der Waals surface area (Å²) in [6.07, 6.45) is 6.61. The summed E-state index contributed by atoms with van der Waals surface area (Å²) in [5.41, 5.74) is 3.78. The van der Waals surface area contributed by atoms with Gasteiger partial charge in [-0.1, -0.05) is 6.07 Å². The summed E-state index contributed by atoms with van der Waals surface area (Å²) in [6, 6.07) is 7.11. The number of fused-ring (bicyclic) bond motifs is 1.